The van der Waals surface area contributed by atoms with E-state index in [1.54, 1.807) is 12.3 Å². The molecule has 2 heterocycles. The average Bonchev–Trinajstić information content (AvgIpc) is 2.69. The molecule has 2 rings (SSSR count). The van der Waals surface area contributed by atoms with Gasteiger partial charge in [-0.2, -0.15) is 0 Å². The maximum absolute atomic E-state index is 6.26. The van der Waals surface area contributed by atoms with E-state index in [9.17, 15) is 0 Å². The molecule has 0 saturated carbocycles. The molecule has 1 aromatic rings. The van der Waals surface area contributed by atoms with Crippen LogP contribution < -0.4 is 10.6 Å². The van der Waals surface area contributed by atoms with Gasteiger partial charge in [-0.05, 0) is 45.0 Å². The third-order valence-electron chi connectivity index (χ3n) is 3.85. The molecule has 1 aliphatic rings. The summed E-state index contributed by atoms with van der Waals surface area (Å²) in [4.78, 5) is 9.17. The standard InChI is InChI=1S/C15H24Cl2N4/c16-13-11-14(17)15(19-12-13)21-8-4-7-20(9-10-21)6-3-1-2-5-18/h11-12H,1-10,18H2. The minimum absolute atomic E-state index is 0.583. The Bertz CT molecular complexity index is 442. The summed E-state index contributed by atoms with van der Waals surface area (Å²) >= 11 is 12.2. The number of hydrogen-bond acceptors (Lipinski definition) is 4. The monoisotopic (exact) mass is 330 g/mol. The number of anilines is 1. The van der Waals surface area contributed by atoms with Crippen molar-refractivity contribution in [2.75, 3.05) is 44.2 Å². The van der Waals surface area contributed by atoms with Gasteiger partial charge >= 0.3 is 0 Å². The third kappa shape index (κ3) is 5.29. The highest BCUT2D eigenvalue weighted by molar-refractivity contribution is 6.36. The second-order valence-corrected chi connectivity index (χ2v) is 6.33. The second kappa shape index (κ2) is 8.79. The molecule has 4 nitrogen and oxygen atoms in total. The van der Waals surface area contributed by atoms with E-state index in [0.717, 1.165) is 57.9 Å². The zero-order chi connectivity index (χ0) is 15.1. The summed E-state index contributed by atoms with van der Waals surface area (Å²) in [5.41, 5.74) is 5.53. The first-order valence-electron chi connectivity index (χ1n) is 7.69. The minimum Gasteiger partial charge on any atom is -0.354 e. The number of rotatable bonds is 6. The van der Waals surface area contributed by atoms with Gasteiger partial charge in [0, 0.05) is 25.8 Å². The topological polar surface area (TPSA) is 45.4 Å². The summed E-state index contributed by atoms with van der Waals surface area (Å²) in [6.07, 6.45) is 6.39. The molecular weight excluding hydrogens is 307 g/mol. The third-order valence-corrected chi connectivity index (χ3v) is 4.34. The Morgan fingerprint density at radius 3 is 2.71 bits per heavy atom. The van der Waals surface area contributed by atoms with E-state index in [4.69, 9.17) is 28.9 Å². The Labute approximate surface area is 137 Å². The van der Waals surface area contributed by atoms with E-state index < -0.39 is 0 Å². The van der Waals surface area contributed by atoms with Gasteiger partial charge in [0.1, 0.15) is 5.82 Å². The van der Waals surface area contributed by atoms with Crippen molar-refractivity contribution in [2.45, 2.75) is 25.7 Å². The highest BCUT2D eigenvalue weighted by atomic mass is 35.5. The predicted octanol–water partition coefficient (Wildman–Crippen LogP) is 3.03. The van der Waals surface area contributed by atoms with Crippen molar-refractivity contribution < 1.29 is 0 Å². The molecular formula is C15H24Cl2N4. The van der Waals surface area contributed by atoms with Crippen LogP contribution in [-0.4, -0.2) is 49.2 Å². The van der Waals surface area contributed by atoms with Crippen molar-refractivity contribution >= 4 is 29.0 Å². The molecule has 1 saturated heterocycles. The fraction of sp³-hybridized carbons (Fsp3) is 0.667. The maximum Gasteiger partial charge on any atom is 0.147 e. The highest BCUT2D eigenvalue weighted by Crippen LogP contribution is 2.26. The molecule has 6 heteroatoms. The molecule has 0 aliphatic carbocycles. The smallest absolute Gasteiger partial charge is 0.147 e. The van der Waals surface area contributed by atoms with E-state index in [1.807, 2.05) is 0 Å². The van der Waals surface area contributed by atoms with Crippen molar-refractivity contribution in [1.82, 2.24) is 9.88 Å². The van der Waals surface area contributed by atoms with Crippen LogP contribution in [0.1, 0.15) is 25.7 Å². The lowest BCUT2D eigenvalue weighted by Gasteiger charge is -2.23. The van der Waals surface area contributed by atoms with Crippen LogP contribution >= 0.6 is 23.2 Å². The first kappa shape index (κ1) is 16.8. The van der Waals surface area contributed by atoms with Crippen LogP contribution in [0.25, 0.3) is 0 Å². The molecule has 21 heavy (non-hydrogen) atoms. The van der Waals surface area contributed by atoms with Gasteiger partial charge in [-0.25, -0.2) is 4.98 Å². The van der Waals surface area contributed by atoms with E-state index in [2.05, 4.69) is 14.8 Å². The molecule has 0 radical (unpaired) electrons. The van der Waals surface area contributed by atoms with E-state index in [1.165, 1.54) is 12.8 Å². The molecule has 0 spiro atoms. The second-order valence-electron chi connectivity index (χ2n) is 5.49. The Kier molecular flexibility index (Phi) is 7.04. The van der Waals surface area contributed by atoms with Crippen molar-refractivity contribution in [2.24, 2.45) is 5.73 Å². The fourth-order valence-electron chi connectivity index (χ4n) is 2.70. The lowest BCUT2D eigenvalue weighted by atomic mass is 10.2. The Morgan fingerprint density at radius 1 is 1.10 bits per heavy atom. The van der Waals surface area contributed by atoms with E-state index >= 15 is 0 Å². The summed E-state index contributed by atoms with van der Waals surface area (Å²) in [6.45, 7) is 6.12. The van der Waals surface area contributed by atoms with Crippen LogP contribution in [0.15, 0.2) is 12.3 Å². The van der Waals surface area contributed by atoms with Crippen molar-refractivity contribution in [3.8, 4) is 0 Å². The van der Waals surface area contributed by atoms with Gasteiger partial charge in [0.2, 0.25) is 0 Å². The first-order valence-corrected chi connectivity index (χ1v) is 8.44. The molecule has 118 valence electrons. The van der Waals surface area contributed by atoms with Crippen molar-refractivity contribution in [3.63, 3.8) is 0 Å². The molecule has 0 amide bonds. The minimum atomic E-state index is 0.583. The van der Waals surface area contributed by atoms with Crippen molar-refractivity contribution in [3.05, 3.63) is 22.3 Å². The predicted molar refractivity (Wildman–Crippen MR) is 90.4 cm³/mol. The maximum atomic E-state index is 6.26. The molecule has 2 N–H and O–H groups in total. The van der Waals surface area contributed by atoms with Crippen LogP contribution in [0.3, 0.4) is 0 Å². The molecule has 0 atom stereocenters. The molecule has 0 bridgehead atoms. The van der Waals surface area contributed by atoms with Gasteiger partial charge in [-0.1, -0.05) is 29.6 Å². The van der Waals surface area contributed by atoms with Gasteiger partial charge < -0.3 is 15.5 Å². The molecule has 1 aliphatic heterocycles. The SMILES string of the molecule is NCCCCCN1CCCN(c2ncc(Cl)cc2Cl)CC1. The summed E-state index contributed by atoms with van der Waals surface area (Å²) in [5.74, 6) is 0.853. The quantitative estimate of drug-likeness (QED) is 0.814. The van der Waals surface area contributed by atoms with Crippen LogP contribution in [0, 0.1) is 0 Å². The fourth-order valence-corrected chi connectivity index (χ4v) is 3.20. The van der Waals surface area contributed by atoms with Gasteiger partial charge in [0.05, 0.1) is 10.0 Å². The van der Waals surface area contributed by atoms with E-state index in [0.29, 0.717) is 10.0 Å². The van der Waals surface area contributed by atoms with Gasteiger partial charge in [0.25, 0.3) is 0 Å². The summed E-state index contributed by atoms with van der Waals surface area (Å²) < 4.78 is 0. The number of unbranched alkanes of at least 4 members (excludes halogenated alkanes) is 2. The van der Waals surface area contributed by atoms with E-state index in [-0.39, 0.29) is 0 Å². The summed E-state index contributed by atoms with van der Waals surface area (Å²) in [5, 5.41) is 1.22. The number of nitrogens with two attached hydrogens (primary N) is 1. The van der Waals surface area contributed by atoms with Crippen LogP contribution in [-0.2, 0) is 0 Å². The molecule has 0 aromatic carbocycles. The zero-order valence-corrected chi connectivity index (χ0v) is 13.9. The Balaban J connectivity index is 1.85. The summed E-state index contributed by atoms with van der Waals surface area (Å²) in [6, 6.07) is 1.76. The highest BCUT2D eigenvalue weighted by Gasteiger charge is 2.17. The van der Waals surface area contributed by atoms with Crippen molar-refractivity contribution in [1.29, 1.82) is 0 Å². The number of nitrogens with zero attached hydrogens (tertiary/aromatic N) is 3. The normalized spacial score (nSPS) is 17.0. The molecule has 1 aromatic heterocycles. The molecule has 0 unspecified atom stereocenters. The first-order chi connectivity index (χ1) is 10.2. The largest absolute Gasteiger partial charge is 0.354 e. The van der Waals surface area contributed by atoms with Crippen LogP contribution in [0.4, 0.5) is 5.82 Å². The zero-order valence-electron chi connectivity index (χ0n) is 12.4. The number of halogens is 2. The number of hydrogen-bond donors (Lipinski definition) is 1. The van der Waals surface area contributed by atoms with Crippen LogP contribution in [0.5, 0.6) is 0 Å². The Hall–Kier alpha value is -0.550. The van der Waals surface area contributed by atoms with Gasteiger partial charge in [-0.15, -0.1) is 0 Å². The average molecular weight is 331 g/mol. The summed E-state index contributed by atoms with van der Waals surface area (Å²) in [7, 11) is 0. The van der Waals surface area contributed by atoms with Gasteiger partial charge in [0.15, 0.2) is 0 Å². The van der Waals surface area contributed by atoms with Gasteiger partial charge in [-0.3, -0.25) is 0 Å². The number of aromatic nitrogens is 1. The Morgan fingerprint density at radius 2 is 1.95 bits per heavy atom. The lowest BCUT2D eigenvalue weighted by molar-refractivity contribution is 0.286. The lowest BCUT2D eigenvalue weighted by Crippen LogP contribution is -2.32. The van der Waals surface area contributed by atoms with Crippen LogP contribution in [0.2, 0.25) is 10.0 Å². The number of pyridine rings is 1. The molecule has 1 fully saturated rings.